The third kappa shape index (κ3) is 2.85. The highest BCUT2D eigenvalue weighted by Gasteiger charge is 2.19. The van der Waals surface area contributed by atoms with Crippen LogP contribution >= 0.6 is 23.2 Å². The van der Waals surface area contributed by atoms with Crippen LogP contribution in [0.4, 0.5) is 17.1 Å². The van der Waals surface area contributed by atoms with Gasteiger partial charge in [0.1, 0.15) is 11.4 Å². The second kappa shape index (κ2) is 6.02. The van der Waals surface area contributed by atoms with Gasteiger partial charge in [0.2, 0.25) is 0 Å². The molecule has 0 saturated carbocycles. The van der Waals surface area contributed by atoms with E-state index < -0.39 is 0 Å². The number of hydrogen-bond donors (Lipinski definition) is 1. The summed E-state index contributed by atoms with van der Waals surface area (Å²) < 4.78 is 13.7. The molecule has 1 atom stereocenters. The minimum Gasteiger partial charge on any atom is -0.380 e. The van der Waals surface area contributed by atoms with Crippen LogP contribution in [0.15, 0.2) is 14.8 Å². The van der Waals surface area contributed by atoms with E-state index in [4.69, 9.17) is 27.9 Å². The fourth-order valence-electron chi connectivity index (χ4n) is 1.59. The Balaban J connectivity index is 2.24. The van der Waals surface area contributed by atoms with E-state index in [0.29, 0.717) is 34.6 Å². The molecule has 0 amide bonds. The largest absolute Gasteiger partial charge is 0.380 e. The average Bonchev–Trinajstić information content (AvgIpc) is 2.81. The van der Waals surface area contributed by atoms with E-state index in [9.17, 15) is 0 Å². The number of fused-ring (bicyclic) bond motifs is 1. The molecule has 0 bridgehead atoms. The predicted octanol–water partition coefficient (Wildman–Crippen LogP) is 4.56. The van der Waals surface area contributed by atoms with Gasteiger partial charge in [-0.3, -0.25) is 0 Å². The number of anilines is 1. The number of nitrogens with zero attached hydrogens (tertiary/aromatic N) is 2. The normalized spacial score (nSPS) is 14.2. The van der Waals surface area contributed by atoms with Gasteiger partial charge in [0.25, 0.3) is 0 Å². The summed E-state index contributed by atoms with van der Waals surface area (Å²) in [6, 6.07) is 1.82. The third-order valence-electron chi connectivity index (χ3n) is 2.41. The molecule has 1 aromatic carbocycles. The Bertz CT molecular complexity index is 530. The molecule has 1 unspecified atom stereocenters. The predicted molar refractivity (Wildman–Crippen MR) is 77.6 cm³/mol. The molecule has 7 heteroatoms. The van der Waals surface area contributed by atoms with E-state index in [1.807, 2.05) is 13.8 Å². The Morgan fingerprint density at radius 3 is 2.78 bits per heavy atom. The molecule has 1 aliphatic rings. The smallest absolute Gasteiger partial charge is 0.130 e. The van der Waals surface area contributed by atoms with Gasteiger partial charge in [-0.15, -0.1) is 0 Å². The first kappa shape index (κ1) is 13.8. The van der Waals surface area contributed by atoms with Crippen molar-refractivity contribution in [3.63, 3.8) is 0 Å². The van der Waals surface area contributed by atoms with Gasteiger partial charge in [0.05, 0.1) is 33.7 Å². The lowest BCUT2D eigenvalue weighted by Gasteiger charge is -2.17. The fraction of sp³-hybridized carbons (Fsp3) is 0.455. The number of hydrogen-bond acceptors (Lipinski definition) is 4. The minimum absolute atomic E-state index is 0.133. The van der Waals surface area contributed by atoms with Gasteiger partial charge in [0, 0.05) is 12.6 Å². The van der Waals surface area contributed by atoms with Gasteiger partial charge in [-0.2, -0.15) is 8.73 Å². The number of nitrogens with one attached hydrogen (secondary N) is 1. The molecule has 1 aliphatic heterocycles. The maximum absolute atomic E-state index is 6.19. The lowest BCUT2D eigenvalue weighted by molar-refractivity contribution is 0.141. The molecule has 0 fully saturated rings. The fourth-order valence-corrected chi connectivity index (χ4v) is 2.76. The van der Waals surface area contributed by atoms with Crippen LogP contribution in [0.3, 0.4) is 0 Å². The second-order valence-electron chi connectivity index (χ2n) is 3.88. The molecule has 0 aliphatic carbocycles. The van der Waals surface area contributed by atoms with Crippen molar-refractivity contribution in [2.24, 2.45) is 8.73 Å². The van der Waals surface area contributed by atoms with E-state index in [1.54, 1.807) is 6.07 Å². The molecule has 4 nitrogen and oxygen atoms in total. The van der Waals surface area contributed by atoms with E-state index in [2.05, 4.69) is 14.0 Å². The Kier molecular flexibility index (Phi) is 4.61. The zero-order valence-electron chi connectivity index (χ0n) is 10.0. The zero-order valence-corrected chi connectivity index (χ0v) is 12.4. The van der Waals surface area contributed by atoms with Crippen molar-refractivity contribution in [2.75, 3.05) is 18.5 Å². The van der Waals surface area contributed by atoms with Gasteiger partial charge in [0.15, 0.2) is 0 Å². The van der Waals surface area contributed by atoms with Crippen LogP contribution in [0.25, 0.3) is 0 Å². The standard InChI is InChI=1S/C11H13Cl2N3OS/c1-3-17-5-6(2)14-9-7(12)4-8(13)10-11(9)16-18-15-10/h4,6,14H,3,5H2,1-2H3. The molecule has 0 radical (unpaired) electrons. The first-order valence-electron chi connectivity index (χ1n) is 5.58. The van der Waals surface area contributed by atoms with Gasteiger partial charge in [-0.1, -0.05) is 23.2 Å². The number of rotatable bonds is 5. The Hall–Kier alpha value is -0.620. The quantitative estimate of drug-likeness (QED) is 0.880. The summed E-state index contributed by atoms with van der Waals surface area (Å²) in [5, 5.41) is 4.35. The summed E-state index contributed by atoms with van der Waals surface area (Å²) in [4.78, 5) is 0. The molecule has 1 aromatic rings. The van der Waals surface area contributed by atoms with Crippen LogP contribution in [0, 0.1) is 0 Å². The second-order valence-corrected chi connectivity index (χ2v) is 5.22. The Labute approximate surface area is 120 Å². The molecular formula is C11H13Cl2N3OS. The highest BCUT2D eigenvalue weighted by Crippen LogP contribution is 2.47. The summed E-state index contributed by atoms with van der Waals surface area (Å²) in [7, 11) is 0. The van der Waals surface area contributed by atoms with Crippen LogP contribution < -0.4 is 5.32 Å². The van der Waals surface area contributed by atoms with Crippen LogP contribution in [-0.2, 0) is 16.1 Å². The van der Waals surface area contributed by atoms with E-state index in [1.165, 1.54) is 0 Å². The lowest BCUT2D eigenvalue weighted by atomic mass is 10.2. The van der Waals surface area contributed by atoms with Crippen molar-refractivity contribution in [1.29, 1.82) is 0 Å². The van der Waals surface area contributed by atoms with Gasteiger partial charge >= 0.3 is 0 Å². The maximum atomic E-state index is 6.19. The van der Waals surface area contributed by atoms with Crippen LogP contribution in [0.1, 0.15) is 13.8 Å². The summed E-state index contributed by atoms with van der Waals surface area (Å²) in [6.07, 6.45) is 0. The Morgan fingerprint density at radius 2 is 2.06 bits per heavy atom. The van der Waals surface area contributed by atoms with Crippen molar-refractivity contribution >= 4 is 51.6 Å². The third-order valence-corrected chi connectivity index (χ3v) is 3.52. The molecule has 18 heavy (non-hydrogen) atoms. The Morgan fingerprint density at radius 1 is 1.33 bits per heavy atom. The molecular weight excluding hydrogens is 293 g/mol. The number of ether oxygens (including phenoxy) is 1. The molecule has 98 valence electrons. The summed E-state index contributed by atoms with van der Waals surface area (Å²) >= 11 is 13.4. The van der Waals surface area contributed by atoms with Crippen LogP contribution in [-0.4, -0.2) is 19.3 Å². The SMILES string of the molecule is CCOCC(C)Nc1c(Cl)cc(Cl)c2c1N=S=N2. The van der Waals surface area contributed by atoms with Crippen molar-refractivity contribution < 1.29 is 4.74 Å². The lowest BCUT2D eigenvalue weighted by Crippen LogP contribution is -2.21. The van der Waals surface area contributed by atoms with Crippen LogP contribution in [0.5, 0.6) is 0 Å². The molecule has 2 rings (SSSR count). The summed E-state index contributed by atoms with van der Waals surface area (Å²) in [5.74, 6) is 0. The molecule has 1 N–H and O–H groups in total. The molecule has 1 heterocycles. The summed E-state index contributed by atoms with van der Waals surface area (Å²) in [6.45, 7) is 5.28. The first-order chi connectivity index (χ1) is 8.63. The van der Waals surface area contributed by atoms with Gasteiger partial charge in [-0.25, -0.2) is 0 Å². The van der Waals surface area contributed by atoms with Crippen molar-refractivity contribution in [3.05, 3.63) is 16.1 Å². The van der Waals surface area contributed by atoms with Gasteiger partial charge < -0.3 is 10.1 Å². The van der Waals surface area contributed by atoms with Crippen molar-refractivity contribution in [1.82, 2.24) is 0 Å². The highest BCUT2D eigenvalue weighted by atomic mass is 35.5. The summed E-state index contributed by atoms with van der Waals surface area (Å²) in [5.41, 5.74) is 2.15. The molecule has 0 spiro atoms. The minimum atomic E-state index is 0.133. The highest BCUT2D eigenvalue weighted by molar-refractivity contribution is 7.58. The molecule has 0 aromatic heterocycles. The average molecular weight is 306 g/mol. The van der Waals surface area contributed by atoms with E-state index in [-0.39, 0.29) is 6.04 Å². The van der Waals surface area contributed by atoms with Crippen molar-refractivity contribution in [3.8, 4) is 0 Å². The first-order valence-corrected chi connectivity index (χ1v) is 7.06. The van der Waals surface area contributed by atoms with Gasteiger partial charge in [-0.05, 0) is 19.9 Å². The number of benzene rings is 1. The topological polar surface area (TPSA) is 46.0 Å². The van der Waals surface area contributed by atoms with E-state index in [0.717, 1.165) is 17.0 Å². The maximum Gasteiger partial charge on any atom is 0.130 e. The van der Waals surface area contributed by atoms with E-state index >= 15 is 0 Å². The zero-order chi connectivity index (χ0) is 13.1. The van der Waals surface area contributed by atoms with Crippen molar-refractivity contribution in [2.45, 2.75) is 19.9 Å². The monoisotopic (exact) mass is 305 g/mol. The van der Waals surface area contributed by atoms with Crippen LogP contribution in [0.2, 0.25) is 10.0 Å². The molecule has 0 saturated heterocycles. The number of halogens is 2.